The van der Waals surface area contributed by atoms with Gasteiger partial charge in [-0.05, 0) is 30.7 Å². The molecule has 0 radical (unpaired) electrons. The first-order valence-electron chi connectivity index (χ1n) is 7.47. The van der Waals surface area contributed by atoms with Crippen LogP contribution in [0.5, 0.6) is 0 Å². The molecular weight excluding hydrogens is 308 g/mol. The monoisotopic (exact) mass is 330 g/mol. The van der Waals surface area contributed by atoms with Gasteiger partial charge in [-0.25, -0.2) is 0 Å². The minimum atomic E-state index is -1.23. The fourth-order valence-corrected chi connectivity index (χ4v) is 10.2. The highest BCUT2D eigenvalue weighted by atomic mass is 32.2. The number of hydrogen-bond acceptors (Lipinski definition) is 2. The zero-order valence-electron chi connectivity index (χ0n) is 12.9. The lowest BCUT2D eigenvalue weighted by Gasteiger charge is -2.30. The first-order chi connectivity index (χ1) is 10.0. The quantitative estimate of drug-likeness (QED) is 0.620. The Kier molecular flexibility index (Phi) is 4.26. The number of benzene rings is 2. The molecule has 3 heteroatoms. The first-order valence-corrected chi connectivity index (χ1v) is 12.7. The van der Waals surface area contributed by atoms with Crippen LogP contribution in [0.1, 0.15) is 6.42 Å². The Morgan fingerprint density at radius 2 is 1.38 bits per heavy atom. The van der Waals surface area contributed by atoms with Gasteiger partial charge in [0, 0.05) is 19.4 Å². The lowest BCUT2D eigenvalue weighted by molar-refractivity contribution is 1.24. The van der Waals surface area contributed by atoms with Crippen molar-refractivity contribution < 1.29 is 0 Å². The number of hydrogen-bond donors (Lipinski definition) is 0. The van der Waals surface area contributed by atoms with Crippen LogP contribution in [0.2, 0.25) is 19.6 Å². The van der Waals surface area contributed by atoms with Crippen LogP contribution >= 0.6 is 23.5 Å². The second-order valence-electron chi connectivity index (χ2n) is 6.68. The number of rotatable bonds is 5. The van der Waals surface area contributed by atoms with E-state index in [0.717, 1.165) is 5.25 Å². The van der Waals surface area contributed by atoms with Gasteiger partial charge < -0.3 is 0 Å². The third kappa shape index (κ3) is 3.25. The Hall–Kier alpha value is -0.643. The van der Waals surface area contributed by atoms with Crippen molar-refractivity contribution in [1.29, 1.82) is 0 Å². The average molecular weight is 331 g/mol. The van der Waals surface area contributed by atoms with Gasteiger partial charge in [0.05, 0.1) is 8.07 Å². The molecule has 0 amide bonds. The van der Waals surface area contributed by atoms with Gasteiger partial charge in [-0.15, -0.1) is 23.5 Å². The summed E-state index contributed by atoms with van der Waals surface area (Å²) in [6, 6.07) is 21.8. The second kappa shape index (κ2) is 5.86. The molecule has 2 atom stereocenters. The summed E-state index contributed by atoms with van der Waals surface area (Å²) < 4.78 is 0.481. The fourth-order valence-electron chi connectivity index (χ4n) is 2.77. The molecule has 0 saturated heterocycles. The van der Waals surface area contributed by atoms with Crippen LogP contribution < -0.4 is 0 Å². The zero-order valence-corrected chi connectivity index (χ0v) is 15.5. The molecule has 1 fully saturated rings. The largest absolute Gasteiger partial charge is 0.122 e. The highest BCUT2D eigenvalue weighted by molar-refractivity contribution is 8.06. The van der Waals surface area contributed by atoms with Crippen LogP contribution in [0.25, 0.3) is 0 Å². The van der Waals surface area contributed by atoms with Crippen molar-refractivity contribution in [3.05, 3.63) is 60.7 Å². The molecule has 3 rings (SSSR count). The molecule has 0 unspecified atom stereocenters. The molecule has 2 aromatic rings. The van der Waals surface area contributed by atoms with Crippen molar-refractivity contribution in [2.75, 3.05) is 0 Å². The van der Waals surface area contributed by atoms with Crippen LogP contribution in [-0.4, -0.2) is 17.7 Å². The molecule has 0 N–H and O–H groups in total. The van der Waals surface area contributed by atoms with E-state index in [4.69, 9.17) is 0 Å². The van der Waals surface area contributed by atoms with Crippen molar-refractivity contribution in [3.63, 3.8) is 0 Å². The summed E-state index contributed by atoms with van der Waals surface area (Å²) in [6.07, 6.45) is 1.35. The first kappa shape index (κ1) is 15.3. The molecule has 1 aliphatic carbocycles. The second-order valence-corrected chi connectivity index (χ2v) is 15.1. The molecule has 1 saturated carbocycles. The molecule has 21 heavy (non-hydrogen) atoms. The van der Waals surface area contributed by atoms with Crippen molar-refractivity contribution in [3.8, 4) is 0 Å². The molecule has 0 aliphatic heterocycles. The average Bonchev–Trinajstić information content (AvgIpc) is 3.15. The van der Waals surface area contributed by atoms with E-state index in [1.807, 2.05) is 0 Å². The smallest absolute Gasteiger partial charge is 0.0645 e. The molecule has 0 heterocycles. The third-order valence-corrected chi connectivity index (χ3v) is 12.5. The molecule has 0 bridgehead atoms. The maximum atomic E-state index is 2.52. The van der Waals surface area contributed by atoms with Gasteiger partial charge in [-0.1, -0.05) is 56.0 Å². The Balaban J connectivity index is 1.78. The minimum absolute atomic E-state index is 0.481. The van der Waals surface area contributed by atoms with Crippen molar-refractivity contribution in [2.24, 2.45) is 0 Å². The predicted octanol–water partition coefficient (Wildman–Crippen LogP) is 5.96. The Labute approximate surface area is 137 Å². The van der Waals surface area contributed by atoms with E-state index in [0.29, 0.717) is 4.37 Å². The van der Waals surface area contributed by atoms with Gasteiger partial charge >= 0.3 is 0 Å². The molecule has 2 aromatic carbocycles. The molecule has 110 valence electrons. The van der Waals surface area contributed by atoms with Gasteiger partial charge in [0.25, 0.3) is 0 Å². The van der Waals surface area contributed by atoms with E-state index >= 15 is 0 Å². The van der Waals surface area contributed by atoms with E-state index in [9.17, 15) is 0 Å². The Morgan fingerprint density at radius 1 is 0.857 bits per heavy atom. The summed E-state index contributed by atoms with van der Waals surface area (Å²) in [5, 5.41) is 0.761. The maximum absolute atomic E-state index is 2.52. The van der Waals surface area contributed by atoms with Gasteiger partial charge in [0.15, 0.2) is 0 Å². The van der Waals surface area contributed by atoms with Gasteiger partial charge in [-0.3, -0.25) is 0 Å². The predicted molar refractivity (Wildman–Crippen MR) is 99.1 cm³/mol. The fraction of sp³-hybridized carbons (Fsp3) is 0.333. The topological polar surface area (TPSA) is 0 Å². The third-order valence-electron chi connectivity index (χ3n) is 4.18. The van der Waals surface area contributed by atoms with Crippen LogP contribution in [0.15, 0.2) is 70.5 Å². The molecule has 0 spiro atoms. The highest BCUT2D eigenvalue weighted by Crippen LogP contribution is 2.63. The van der Waals surface area contributed by atoms with Crippen LogP contribution in [0.4, 0.5) is 0 Å². The summed E-state index contributed by atoms with van der Waals surface area (Å²) in [6.45, 7) is 7.57. The van der Waals surface area contributed by atoms with Gasteiger partial charge in [0.1, 0.15) is 0 Å². The van der Waals surface area contributed by atoms with Gasteiger partial charge in [-0.2, -0.15) is 0 Å². The summed E-state index contributed by atoms with van der Waals surface area (Å²) in [7, 11) is -1.23. The Morgan fingerprint density at radius 3 is 1.90 bits per heavy atom. The van der Waals surface area contributed by atoms with Crippen molar-refractivity contribution in [1.82, 2.24) is 0 Å². The summed E-state index contributed by atoms with van der Waals surface area (Å²) in [4.78, 5) is 2.84. The summed E-state index contributed by atoms with van der Waals surface area (Å²) in [5.41, 5.74) is 0. The van der Waals surface area contributed by atoms with Gasteiger partial charge in [0.2, 0.25) is 0 Å². The number of thioether (sulfide) groups is 2. The van der Waals surface area contributed by atoms with E-state index in [1.165, 1.54) is 16.2 Å². The standard InChI is InChI=1S/C18H22S2Si/c1-21(2,3)18(20-16-12-8-5-9-13-16)14-17(18)19-15-10-6-4-7-11-15/h4-13,17H,14H2,1-3H3/t17-,18-/m0/s1. The normalized spacial score (nSPS) is 24.8. The summed E-state index contributed by atoms with van der Waals surface area (Å²) >= 11 is 4.21. The van der Waals surface area contributed by atoms with E-state index in [2.05, 4.69) is 104 Å². The van der Waals surface area contributed by atoms with E-state index < -0.39 is 8.07 Å². The SMILES string of the molecule is C[Si](C)(C)[C@@]1(Sc2ccccc2)C[C@@H]1Sc1ccccc1. The lowest BCUT2D eigenvalue weighted by atomic mass is 10.4. The maximum Gasteiger partial charge on any atom is 0.0645 e. The van der Waals surface area contributed by atoms with Crippen molar-refractivity contribution in [2.45, 2.75) is 45.5 Å². The molecular formula is C18H22S2Si. The summed E-state index contributed by atoms with van der Waals surface area (Å²) in [5.74, 6) is 0. The van der Waals surface area contributed by atoms with Crippen LogP contribution in [0, 0.1) is 0 Å². The van der Waals surface area contributed by atoms with E-state index in [1.54, 1.807) is 0 Å². The molecule has 0 aromatic heterocycles. The molecule has 0 nitrogen and oxygen atoms in total. The highest BCUT2D eigenvalue weighted by Gasteiger charge is 2.62. The van der Waals surface area contributed by atoms with E-state index in [-0.39, 0.29) is 0 Å². The van der Waals surface area contributed by atoms with Crippen LogP contribution in [0.3, 0.4) is 0 Å². The van der Waals surface area contributed by atoms with Crippen molar-refractivity contribution >= 4 is 31.6 Å². The Bertz CT molecular complexity index is 592. The minimum Gasteiger partial charge on any atom is -0.122 e. The molecule has 1 aliphatic rings. The zero-order chi connectivity index (χ0) is 14.9. The van der Waals surface area contributed by atoms with Crippen LogP contribution in [-0.2, 0) is 0 Å². The lowest BCUT2D eigenvalue weighted by Crippen LogP contribution is -2.40.